The summed E-state index contributed by atoms with van der Waals surface area (Å²) in [6.45, 7) is 0.832. The lowest BCUT2D eigenvalue weighted by molar-refractivity contribution is 0.755. The van der Waals surface area contributed by atoms with Crippen molar-refractivity contribution in [3.05, 3.63) is 46.9 Å². The molecule has 0 aliphatic heterocycles. The number of anilines is 1. The predicted molar refractivity (Wildman–Crippen MR) is 85.3 cm³/mol. The number of para-hydroxylation sites is 1. The predicted octanol–water partition coefficient (Wildman–Crippen LogP) is 2.32. The zero-order valence-corrected chi connectivity index (χ0v) is 12.1. The molecule has 2 heterocycles. The summed E-state index contributed by atoms with van der Waals surface area (Å²) in [5.74, 6) is 1.36. The fourth-order valence-corrected chi connectivity index (χ4v) is 2.56. The van der Waals surface area contributed by atoms with Gasteiger partial charge in [-0.05, 0) is 24.5 Å². The number of nitrogens with one attached hydrogen (secondary N) is 2. The molecular formula is C16H17N5O. The minimum atomic E-state index is -0.166. The second kappa shape index (κ2) is 5.29. The lowest BCUT2D eigenvalue weighted by Gasteiger charge is -2.06. The van der Waals surface area contributed by atoms with Crippen molar-refractivity contribution in [1.82, 2.24) is 19.7 Å². The number of rotatable bonds is 5. The van der Waals surface area contributed by atoms with Crippen LogP contribution in [0.15, 0.2) is 41.3 Å². The highest BCUT2D eigenvalue weighted by molar-refractivity contribution is 5.76. The largest absolute Gasteiger partial charge is 0.356 e. The SMILES string of the molecule is O=c1[nH]c(NCCC2CC2)nc2c1cnn2-c1ccccc1. The Balaban J connectivity index is 1.69. The van der Waals surface area contributed by atoms with E-state index in [4.69, 9.17) is 0 Å². The van der Waals surface area contributed by atoms with Gasteiger partial charge in [0.2, 0.25) is 5.95 Å². The number of nitrogens with zero attached hydrogens (tertiary/aromatic N) is 3. The smallest absolute Gasteiger partial charge is 0.263 e. The van der Waals surface area contributed by atoms with E-state index in [0.717, 1.165) is 24.6 Å². The van der Waals surface area contributed by atoms with Gasteiger partial charge in [-0.15, -0.1) is 0 Å². The van der Waals surface area contributed by atoms with Gasteiger partial charge in [-0.1, -0.05) is 31.0 Å². The van der Waals surface area contributed by atoms with Crippen LogP contribution >= 0.6 is 0 Å². The zero-order chi connectivity index (χ0) is 14.9. The molecule has 0 saturated heterocycles. The molecule has 1 aromatic carbocycles. The van der Waals surface area contributed by atoms with Crippen LogP contribution in [-0.2, 0) is 0 Å². The lowest BCUT2D eigenvalue weighted by Crippen LogP contribution is -2.14. The Kier molecular flexibility index (Phi) is 3.14. The van der Waals surface area contributed by atoms with E-state index >= 15 is 0 Å². The van der Waals surface area contributed by atoms with Crippen molar-refractivity contribution < 1.29 is 0 Å². The number of aromatic amines is 1. The second-order valence-corrected chi connectivity index (χ2v) is 5.70. The van der Waals surface area contributed by atoms with Crippen LogP contribution in [0.1, 0.15) is 19.3 Å². The fraction of sp³-hybridized carbons (Fsp3) is 0.312. The Hall–Kier alpha value is -2.63. The summed E-state index contributed by atoms with van der Waals surface area (Å²) in [4.78, 5) is 19.5. The van der Waals surface area contributed by atoms with E-state index in [2.05, 4.69) is 20.4 Å². The van der Waals surface area contributed by atoms with Crippen LogP contribution in [0.4, 0.5) is 5.95 Å². The van der Waals surface area contributed by atoms with Gasteiger partial charge in [0.05, 0.1) is 11.9 Å². The van der Waals surface area contributed by atoms with E-state index in [0.29, 0.717) is 17.0 Å². The highest BCUT2D eigenvalue weighted by Gasteiger charge is 2.20. The van der Waals surface area contributed by atoms with E-state index in [1.807, 2.05) is 30.3 Å². The van der Waals surface area contributed by atoms with Crippen LogP contribution in [0.5, 0.6) is 0 Å². The Morgan fingerprint density at radius 1 is 1.27 bits per heavy atom. The van der Waals surface area contributed by atoms with Crippen LogP contribution in [0, 0.1) is 5.92 Å². The quantitative estimate of drug-likeness (QED) is 0.757. The molecule has 6 heteroatoms. The second-order valence-electron chi connectivity index (χ2n) is 5.70. The van der Waals surface area contributed by atoms with Gasteiger partial charge in [0.25, 0.3) is 5.56 Å². The number of hydrogen-bond donors (Lipinski definition) is 2. The van der Waals surface area contributed by atoms with E-state index in [-0.39, 0.29) is 5.56 Å². The molecular weight excluding hydrogens is 278 g/mol. The van der Waals surface area contributed by atoms with Gasteiger partial charge in [0.15, 0.2) is 5.65 Å². The van der Waals surface area contributed by atoms with Crippen LogP contribution in [0.25, 0.3) is 16.7 Å². The average Bonchev–Trinajstić information content (AvgIpc) is 3.25. The van der Waals surface area contributed by atoms with Gasteiger partial charge in [-0.25, -0.2) is 4.68 Å². The van der Waals surface area contributed by atoms with Crippen molar-refractivity contribution in [3.63, 3.8) is 0 Å². The maximum absolute atomic E-state index is 12.2. The molecule has 1 saturated carbocycles. The van der Waals surface area contributed by atoms with E-state index in [1.54, 1.807) is 10.9 Å². The number of H-pyrrole nitrogens is 1. The van der Waals surface area contributed by atoms with Crippen molar-refractivity contribution >= 4 is 17.0 Å². The highest BCUT2D eigenvalue weighted by atomic mass is 16.1. The van der Waals surface area contributed by atoms with E-state index in [9.17, 15) is 4.79 Å². The molecule has 2 N–H and O–H groups in total. The molecule has 4 rings (SSSR count). The fourth-order valence-electron chi connectivity index (χ4n) is 2.56. The third kappa shape index (κ3) is 2.47. The maximum atomic E-state index is 12.2. The van der Waals surface area contributed by atoms with Gasteiger partial charge in [0, 0.05) is 6.54 Å². The summed E-state index contributed by atoms with van der Waals surface area (Å²) in [6.07, 6.45) is 5.33. The minimum absolute atomic E-state index is 0.166. The number of aromatic nitrogens is 4. The van der Waals surface area contributed by atoms with Crippen LogP contribution in [0.3, 0.4) is 0 Å². The molecule has 0 amide bonds. The zero-order valence-electron chi connectivity index (χ0n) is 12.1. The van der Waals surface area contributed by atoms with Crippen molar-refractivity contribution in [2.24, 2.45) is 5.92 Å². The first kappa shape index (κ1) is 13.1. The molecule has 3 aromatic rings. The summed E-state index contributed by atoms with van der Waals surface area (Å²) in [7, 11) is 0. The molecule has 1 aliphatic rings. The molecule has 1 aliphatic carbocycles. The molecule has 112 valence electrons. The molecule has 6 nitrogen and oxygen atoms in total. The van der Waals surface area contributed by atoms with Crippen molar-refractivity contribution in [2.75, 3.05) is 11.9 Å². The van der Waals surface area contributed by atoms with Gasteiger partial charge in [-0.2, -0.15) is 10.1 Å². The molecule has 1 fully saturated rings. The summed E-state index contributed by atoms with van der Waals surface area (Å²) in [5.41, 5.74) is 1.30. The van der Waals surface area contributed by atoms with Crippen LogP contribution in [-0.4, -0.2) is 26.3 Å². The van der Waals surface area contributed by atoms with E-state index in [1.165, 1.54) is 12.8 Å². The molecule has 22 heavy (non-hydrogen) atoms. The van der Waals surface area contributed by atoms with Crippen molar-refractivity contribution in [3.8, 4) is 5.69 Å². The number of fused-ring (bicyclic) bond motifs is 1. The summed E-state index contributed by atoms with van der Waals surface area (Å²) >= 11 is 0. The summed E-state index contributed by atoms with van der Waals surface area (Å²) < 4.78 is 1.69. The standard InChI is InChI=1S/C16H17N5O/c22-15-13-10-18-21(12-4-2-1-3-5-12)14(13)19-16(20-15)17-9-8-11-6-7-11/h1-5,10-11H,6-9H2,(H2,17,19,20,22). The molecule has 0 atom stereocenters. The Bertz CT molecular complexity index is 848. The number of hydrogen-bond acceptors (Lipinski definition) is 4. The lowest BCUT2D eigenvalue weighted by atomic mass is 10.3. The van der Waals surface area contributed by atoms with Crippen LogP contribution < -0.4 is 10.9 Å². The Labute approximate surface area is 127 Å². The topological polar surface area (TPSA) is 75.6 Å². The summed E-state index contributed by atoms with van der Waals surface area (Å²) in [6, 6.07) is 9.70. The molecule has 0 radical (unpaired) electrons. The van der Waals surface area contributed by atoms with E-state index < -0.39 is 0 Å². The normalized spacial score (nSPS) is 14.4. The van der Waals surface area contributed by atoms with Crippen molar-refractivity contribution in [2.45, 2.75) is 19.3 Å². The van der Waals surface area contributed by atoms with Gasteiger partial charge in [-0.3, -0.25) is 9.78 Å². The van der Waals surface area contributed by atoms with Gasteiger partial charge >= 0.3 is 0 Å². The first-order valence-corrected chi connectivity index (χ1v) is 7.58. The van der Waals surface area contributed by atoms with Gasteiger partial charge in [0.1, 0.15) is 5.39 Å². The molecule has 0 bridgehead atoms. The highest BCUT2D eigenvalue weighted by Crippen LogP contribution is 2.31. The first-order chi connectivity index (χ1) is 10.8. The average molecular weight is 295 g/mol. The minimum Gasteiger partial charge on any atom is -0.356 e. The third-order valence-electron chi connectivity index (χ3n) is 3.98. The van der Waals surface area contributed by atoms with Crippen LogP contribution in [0.2, 0.25) is 0 Å². The Morgan fingerprint density at radius 2 is 2.09 bits per heavy atom. The maximum Gasteiger partial charge on any atom is 0.263 e. The first-order valence-electron chi connectivity index (χ1n) is 7.58. The van der Waals surface area contributed by atoms with Gasteiger partial charge < -0.3 is 5.32 Å². The Morgan fingerprint density at radius 3 is 2.86 bits per heavy atom. The van der Waals surface area contributed by atoms with Crippen molar-refractivity contribution in [1.29, 1.82) is 0 Å². The molecule has 0 spiro atoms. The summed E-state index contributed by atoms with van der Waals surface area (Å²) in [5, 5.41) is 8.00. The molecule has 2 aromatic heterocycles. The molecule has 0 unspecified atom stereocenters. The number of benzene rings is 1. The third-order valence-corrected chi connectivity index (χ3v) is 3.98. The monoisotopic (exact) mass is 295 g/mol.